The minimum Gasteiger partial charge on any atom is -0.474 e. The van der Waals surface area contributed by atoms with E-state index in [2.05, 4.69) is 4.98 Å². The SMILES string of the molecule is CC(=O)O[C@@H]1[C@@H](OC(C)=O)[C@H](OC(C)=O)CS[C@H]1Oc1cncc(Cl)c1. The molecule has 142 valence electrons. The van der Waals surface area contributed by atoms with Crippen LogP contribution in [0, 0.1) is 0 Å². The van der Waals surface area contributed by atoms with Gasteiger partial charge in [0.25, 0.3) is 0 Å². The fraction of sp³-hybridized carbons (Fsp3) is 0.500. The van der Waals surface area contributed by atoms with Gasteiger partial charge < -0.3 is 18.9 Å². The van der Waals surface area contributed by atoms with Crippen molar-refractivity contribution in [1.82, 2.24) is 4.98 Å². The fourth-order valence-corrected chi connectivity index (χ4v) is 3.78. The lowest BCUT2D eigenvalue weighted by Crippen LogP contribution is -2.55. The van der Waals surface area contributed by atoms with Crippen LogP contribution in [-0.2, 0) is 28.6 Å². The molecular formula is C16H18ClNO7S. The van der Waals surface area contributed by atoms with Crippen molar-refractivity contribution < 1.29 is 33.3 Å². The molecule has 1 aromatic heterocycles. The molecule has 0 spiro atoms. The molecule has 1 aromatic rings. The summed E-state index contributed by atoms with van der Waals surface area (Å²) in [7, 11) is 0. The number of pyridine rings is 1. The van der Waals surface area contributed by atoms with Crippen molar-refractivity contribution in [2.45, 2.75) is 44.5 Å². The summed E-state index contributed by atoms with van der Waals surface area (Å²) >= 11 is 7.16. The first-order valence-electron chi connectivity index (χ1n) is 7.66. The third-order valence-corrected chi connectivity index (χ3v) is 4.66. The first kappa shape index (κ1) is 20.3. The van der Waals surface area contributed by atoms with Gasteiger partial charge in [-0.3, -0.25) is 19.4 Å². The van der Waals surface area contributed by atoms with Gasteiger partial charge in [0.1, 0.15) is 5.75 Å². The lowest BCUT2D eigenvalue weighted by Gasteiger charge is -2.39. The van der Waals surface area contributed by atoms with E-state index in [0.717, 1.165) is 0 Å². The van der Waals surface area contributed by atoms with E-state index in [0.29, 0.717) is 10.8 Å². The van der Waals surface area contributed by atoms with E-state index in [9.17, 15) is 14.4 Å². The Hall–Kier alpha value is -2.00. The molecule has 26 heavy (non-hydrogen) atoms. The molecule has 0 unspecified atom stereocenters. The van der Waals surface area contributed by atoms with Crippen molar-refractivity contribution in [3.63, 3.8) is 0 Å². The quantitative estimate of drug-likeness (QED) is 0.539. The van der Waals surface area contributed by atoms with Gasteiger partial charge in [0.15, 0.2) is 23.7 Å². The van der Waals surface area contributed by atoms with Crippen molar-refractivity contribution in [3.8, 4) is 5.75 Å². The molecule has 1 fully saturated rings. The second-order valence-corrected chi connectivity index (χ2v) is 7.02. The Bertz CT molecular complexity index is 686. The van der Waals surface area contributed by atoms with Gasteiger partial charge in [-0.15, -0.1) is 11.8 Å². The zero-order chi connectivity index (χ0) is 19.3. The molecule has 1 aliphatic heterocycles. The number of esters is 3. The molecule has 2 heterocycles. The van der Waals surface area contributed by atoms with Crippen LogP contribution in [0.3, 0.4) is 0 Å². The number of nitrogens with zero attached hydrogens (tertiary/aromatic N) is 1. The lowest BCUT2D eigenvalue weighted by atomic mass is 10.1. The number of carbonyl (C=O) groups excluding carboxylic acids is 3. The van der Waals surface area contributed by atoms with E-state index in [1.54, 1.807) is 6.07 Å². The van der Waals surface area contributed by atoms with Gasteiger partial charge in [0.2, 0.25) is 0 Å². The minimum atomic E-state index is -1.00. The van der Waals surface area contributed by atoms with Crippen molar-refractivity contribution in [2.24, 2.45) is 0 Å². The van der Waals surface area contributed by atoms with E-state index in [-0.39, 0.29) is 5.75 Å². The smallest absolute Gasteiger partial charge is 0.303 e. The highest BCUT2D eigenvalue weighted by Crippen LogP contribution is 2.34. The summed E-state index contributed by atoms with van der Waals surface area (Å²) in [6, 6.07) is 1.55. The van der Waals surface area contributed by atoms with E-state index in [1.807, 2.05) is 0 Å². The van der Waals surface area contributed by atoms with Gasteiger partial charge in [-0.1, -0.05) is 11.6 Å². The topological polar surface area (TPSA) is 101 Å². The Labute approximate surface area is 159 Å². The summed E-state index contributed by atoms with van der Waals surface area (Å²) in [6.45, 7) is 3.69. The third-order valence-electron chi connectivity index (χ3n) is 3.24. The Balaban J connectivity index is 2.27. The third kappa shape index (κ3) is 5.77. The maximum atomic E-state index is 11.6. The zero-order valence-corrected chi connectivity index (χ0v) is 15.9. The molecule has 10 heteroatoms. The molecule has 0 bridgehead atoms. The Kier molecular flexibility index (Phi) is 7.10. The van der Waals surface area contributed by atoms with Gasteiger partial charge in [-0.25, -0.2) is 0 Å². The van der Waals surface area contributed by atoms with Crippen LogP contribution in [0.1, 0.15) is 20.8 Å². The highest BCUT2D eigenvalue weighted by Gasteiger charge is 2.47. The van der Waals surface area contributed by atoms with Gasteiger partial charge in [0, 0.05) is 38.8 Å². The van der Waals surface area contributed by atoms with Gasteiger partial charge in [0.05, 0.1) is 11.2 Å². The predicted octanol–water partition coefficient (Wildman–Crippen LogP) is 1.98. The van der Waals surface area contributed by atoms with E-state index in [4.69, 9.17) is 30.5 Å². The van der Waals surface area contributed by atoms with Crippen molar-refractivity contribution in [3.05, 3.63) is 23.5 Å². The molecule has 0 aromatic carbocycles. The second-order valence-electron chi connectivity index (χ2n) is 5.45. The predicted molar refractivity (Wildman–Crippen MR) is 92.8 cm³/mol. The standard InChI is InChI=1S/C16H18ClNO7S/c1-8(19)22-13-7-26-16(25-12-4-11(17)5-18-6-12)15(24-10(3)21)14(13)23-9(2)20/h4-6,13-16H,7H2,1-3H3/t13-,14+,15-,16-/m1/s1. The Morgan fingerprint density at radius 2 is 1.65 bits per heavy atom. The van der Waals surface area contributed by atoms with Crippen LogP contribution in [0.25, 0.3) is 0 Å². The maximum Gasteiger partial charge on any atom is 0.303 e. The van der Waals surface area contributed by atoms with Crippen molar-refractivity contribution in [1.29, 1.82) is 0 Å². The number of ether oxygens (including phenoxy) is 4. The number of hydrogen-bond acceptors (Lipinski definition) is 9. The maximum absolute atomic E-state index is 11.6. The number of thioether (sulfide) groups is 1. The summed E-state index contributed by atoms with van der Waals surface area (Å²) in [5.41, 5.74) is -0.713. The molecule has 4 atom stereocenters. The van der Waals surface area contributed by atoms with Crippen molar-refractivity contribution >= 4 is 41.3 Å². The summed E-state index contributed by atoms with van der Waals surface area (Å²) < 4.78 is 21.6. The van der Waals surface area contributed by atoms with Crippen molar-refractivity contribution in [2.75, 3.05) is 5.75 Å². The molecule has 1 saturated heterocycles. The summed E-state index contributed by atoms with van der Waals surface area (Å²) in [4.78, 5) is 38.3. The number of carbonyl (C=O) groups is 3. The normalized spacial score (nSPS) is 25.1. The van der Waals surface area contributed by atoms with E-state index in [1.165, 1.54) is 44.9 Å². The Morgan fingerprint density at radius 3 is 2.23 bits per heavy atom. The molecular weight excluding hydrogens is 386 g/mol. The van der Waals surface area contributed by atoms with Crippen LogP contribution < -0.4 is 4.74 Å². The minimum absolute atomic E-state index is 0.286. The number of hydrogen-bond donors (Lipinski definition) is 0. The molecule has 2 rings (SSSR count). The summed E-state index contributed by atoms with van der Waals surface area (Å²) in [5.74, 6) is -1.07. The number of halogens is 1. The largest absolute Gasteiger partial charge is 0.474 e. The molecule has 0 amide bonds. The average Bonchev–Trinajstić information content (AvgIpc) is 2.51. The second kappa shape index (κ2) is 9.09. The molecule has 8 nitrogen and oxygen atoms in total. The fourth-order valence-electron chi connectivity index (χ4n) is 2.40. The van der Waals surface area contributed by atoms with Crippen LogP contribution in [-0.4, -0.2) is 52.4 Å². The summed E-state index contributed by atoms with van der Waals surface area (Å²) in [5, 5.41) is 0.377. The Morgan fingerprint density at radius 1 is 1.04 bits per heavy atom. The zero-order valence-electron chi connectivity index (χ0n) is 14.3. The molecule has 0 saturated carbocycles. The molecule has 1 aliphatic rings. The van der Waals surface area contributed by atoms with Gasteiger partial charge in [-0.2, -0.15) is 0 Å². The molecule has 0 radical (unpaired) electrons. The monoisotopic (exact) mass is 403 g/mol. The van der Waals surface area contributed by atoms with E-state index < -0.39 is 41.7 Å². The van der Waals surface area contributed by atoms with E-state index >= 15 is 0 Å². The van der Waals surface area contributed by atoms with Crippen LogP contribution in [0.4, 0.5) is 0 Å². The number of rotatable bonds is 5. The van der Waals surface area contributed by atoms with Crippen LogP contribution in [0.15, 0.2) is 18.5 Å². The van der Waals surface area contributed by atoms with Gasteiger partial charge >= 0.3 is 17.9 Å². The number of aromatic nitrogens is 1. The van der Waals surface area contributed by atoms with Crippen LogP contribution in [0.5, 0.6) is 5.75 Å². The average molecular weight is 404 g/mol. The first-order chi connectivity index (χ1) is 12.3. The highest BCUT2D eigenvalue weighted by atomic mass is 35.5. The molecule has 0 aliphatic carbocycles. The van der Waals surface area contributed by atoms with Crippen LogP contribution >= 0.6 is 23.4 Å². The van der Waals surface area contributed by atoms with Crippen LogP contribution in [0.2, 0.25) is 5.02 Å². The van der Waals surface area contributed by atoms with Gasteiger partial charge in [-0.05, 0) is 0 Å². The highest BCUT2D eigenvalue weighted by molar-refractivity contribution is 7.99. The molecule has 0 N–H and O–H groups in total. The first-order valence-corrected chi connectivity index (χ1v) is 9.09. The summed E-state index contributed by atoms with van der Waals surface area (Å²) in [6.07, 6.45) is 0.140. The lowest BCUT2D eigenvalue weighted by molar-refractivity contribution is -0.186.